The molecule has 21 heavy (non-hydrogen) atoms. The molecule has 0 saturated carbocycles. The Balaban J connectivity index is 5.42. The van der Waals surface area contributed by atoms with Gasteiger partial charge in [0.25, 0.3) is 0 Å². The number of aliphatic carboxylic acids is 1. The van der Waals surface area contributed by atoms with E-state index in [0.29, 0.717) is 0 Å². The van der Waals surface area contributed by atoms with Crippen LogP contribution in [0.4, 0.5) is 48.3 Å². The molecular weight excluding hydrogens is 345 g/mol. The summed E-state index contributed by atoms with van der Waals surface area (Å²) < 4.78 is 136. The Kier molecular flexibility index (Phi) is 4.78. The summed E-state index contributed by atoms with van der Waals surface area (Å²) in [4.78, 5) is 9.68. The summed E-state index contributed by atoms with van der Waals surface area (Å²) in [6, 6.07) is 0. The van der Waals surface area contributed by atoms with Crippen LogP contribution in [-0.4, -0.2) is 41.7 Å². The minimum Gasteiger partial charge on any atom is -0.477 e. The van der Waals surface area contributed by atoms with Crippen molar-refractivity contribution in [2.45, 2.75) is 30.6 Å². The molecular formula is C6HF11O4. The highest BCUT2D eigenvalue weighted by Gasteiger charge is 2.74. The first-order valence-electron chi connectivity index (χ1n) is 4.07. The number of hydrogen-bond acceptors (Lipinski definition) is 3. The summed E-state index contributed by atoms with van der Waals surface area (Å²) in [5, 5.41) is 7.61. The highest BCUT2D eigenvalue weighted by molar-refractivity contribution is 5.76. The fourth-order valence-electron chi connectivity index (χ4n) is 0.614. The summed E-state index contributed by atoms with van der Waals surface area (Å²) in [7, 11) is 0. The molecule has 15 heteroatoms. The molecule has 0 aliphatic heterocycles. The molecule has 0 unspecified atom stereocenters. The van der Waals surface area contributed by atoms with Crippen molar-refractivity contribution in [1.29, 1.82) is 0 Å². The van der Waals surface area contributed by atoms with E-state index in [0.717, 1.165) is 0 Å². The highest BCUT2D eigenvalue weighted by atomic mass is 19.4. The minimum atomic E-state index is -6.94. The van der Waals surface area contributed by atoms with Crippen LogP contribution < -0.4 is 0 Å². The molecule has 0 heterocycles. The van der Waals surface area contributed by atoms with Gasteiger partial charge in [-0.3, -0.25) is 0 Å². The zero-order valence-corrected chi connectivity index (χ0v) is 8.83. The van der Waals surface area contributed by atoms with Crippen molar-refractivity contribution in [3.8, 4) is 0 Å². The van der Waals surface area contributed by atoms with Crippen molar-refractivity contribution in [2.75, 3.05) is 0 Å². The number of alkyl halides is 11. The Hall–Kier alpha value is -1.38. The van der Waals surface area contributed by atoms with Crippen LogP contribution in [-0.2, 0) is 14.3 Å². The van der Waals surface area contributed by atoms with Crippen molar-refractivity contribution in [3.05, 3.63) is 0 Å². The summed E-state index contributed by atoms with van der Waals surface area (Å²) in [6.07, 6.45) is -27.0. The van der Waals surface area contributed by atoms with Gasteiger partial charge in [0, 0.05) is 0 Å². The number of carboxylic acids is 1. The number of carbonyl (C=O) groups is 1. The molecule has 0 aromatic heterocycles. The maximum Gasteiger partial charge on any atom is 0.527 e. The van der Waals surface area contributed by atoms with Gasteiger partial charge in [0.1, 0.15) is 0 Å². The van der Waals surface area contributed by atoms with Gasteiger partial charge in [-0.05, 0) is 0 Å². The second kappa shape index (κ2) is 5.11. The molecule has 0 amide bonds. The number of hydrogen-bond donors (Lipinski definition) is 1. The van der Waals surface area contributed by atoms with Gasteiger partial charge in [-0.25, -0.2) is 14.3 Å². The fraction of sp³-hybridized carbons (Fsp3) is 0.833. The van der Waals surface area contributed by atoms with E-state index in [1.54, 1.807) is 4.74 Å². The number of carboxylic acid groups (broad SMARTS) is 1. The molecule has 0 radical (unpaired) electrons. The first-order valence-corrected chi connectivity index (χ1v) is 4.07. The van der Waals surface area contributed by atoms with Crippen LogP contribution in [0.2, 0.25) is 0 Å². The largest absolute Gasteiger partial charge is 0.527 e. The lowest BCUT2D eigenvalue weighted by Gasteiger charge is -2.30. The SMILES string of the molecule is O=C(O)C(F)(F)C(F)(F)OC(F)(F)C(F)(F)OC(F)(F)F. The average Bonchev–Trinajstić information content (AvgIpc) is 2.10. The molecule has 126 valence electrons. The lowest BCUT2D eigenvalue weighted by atomic mass is 10.3. The zero-order chi connectivity index (χ0) is 17.5. The fourth-order valence-corrected chi connectivity index (χ4v) is 0.614. The quantitative estimate of drug-likeness (QED) is 0.752. The third-order valence-electron chi connectivity index (χ3n) is 1.47. The Morgan fingerprint density at radius 1 is 0.667 bits per heavy atom. The van der Waals surface area contributed by atoms with E-state index in [1.807, 2.05) is 0 Å². The Morgan fingerprint density at radius 3 is 1.29 bits per heavy atom. The van der Waals surface area contributed by atoms with Gasteiger partial charge in [-0.2, -0.15) is 35.1 Å². The predicted molar refractivity (Wildman–Crippen MR) is 35.6 cm³/mol. The van der Waals surface area contributed by atoms with E-state index in [1.165, 1.54) is 4.74 Å². The van der Waals surface area contributed by atoms with E-state index in [2.05, 4.69) is 0 Å². The van der Waals surface area contributed by atoms with Gasteiger partial charge in [-0.1, -0.05) is 0 Å². The Morgan fingerprint density at radius 2 is 1.00 bits per heavy atom. The number of ether oxygens (including phenoxy) is 2. The van der Waals surface area contributed by atoms with Crippen LogP contribution in [0.5, 0.6) is 0 Å². The standard InChI is InChI=1S/C6HF11O4/c7-2(8,1(18)19)3(9,10)20-4(11,12)5(13,14)21-6(15,16)17/h(H,18,19). The Bertz CT molecular complexity index is 400. The average molecular weight is 346 g/mol. The van der Waals surface area contributed by atoms with Crippen LogP contribution in [0.25, 0.3) is 0 Å². The molecule has 0 aliphatic carbocycles. The smallest absolute Gasteiger partial charge is 0.477 e. The van der Waals surface area contributed by atoms with Crippen molar-refractivity contribution >= 4 is 5.97 Å². The first kappa shape index (κ1) is 19.6. The zero-order valence-electron chi connectivity index (χ0n) is 8.83. The van der Waals surface area contributed by atoms with Gasteiger partial charge in [-0.15, -0.1) is 13.2 Å². The molecule has 0 saturated heterocycles. The third kappa shape index (κ3) is 4.29. The van der Waals surface area contributed by atoms with E-state index in [-0.39, 0.29) is 0 Å². The van der Waals surface area contributed by atoms with Crippen molar-refractivity contribution in [2.24, 2.45) is 0 Å². The topological polar surface area (TPSA) is 55.8 Å². The van der Waals surface area contributed by atoms with Gasteiger partial charge in [0.05, 0.1) is 0 Å². The summed E-state index contributed by atoms with van der Waals surface area (Å²) in [5.74, 6) is -10.2. The second-order valence-electron chi connectivity index (χ2n) is 3.08. The van der Waals surface area contributed by atoms with Crippen LogP contribution in [0.15, 0.2) is 0 Å². The maximum absolute atomic E-state index is 12.4. The van der Waals surface area contributed by atoms with E-state index in [4.69, 9.17) is 5.11 Å². The summed E-state index contributed by atoms with van der Waals surface area (Å²) in [5.41, 5.74) is 0. The molecule has 0 rings (SSSR count). The summed E-state index contributed by atoms with van der Waals surface area (Å²) in [6.45, 7) is 0. The number of halogens is 11. The maximum atomic E-state index is 12.4. The van der Waals surface area contributed by atoms with Crippen molar-refractivity contribution in [3.63, 3.8) is 0 Å². The third-order valence-corrected chi connectivity index (χ3v) is 1.47. The van der Waals surface area contributed by atoms with Crippen molar-refractivity contribution < 1.29 is 67.7 Å². The van der Waals surface area contributed by atoms with Crippen molar-refractivity contribution in [1.82, 2.24) is 0 Å². The van der Waals surface area contributed by atoms with Gasteiger partial charge < -0.3 is 5.11 Å². The van der Waals surface area contributed by atoms with Crippen LogP contribution in [0, 0.1) is 0 Å². The van der Waals surface area contributed by atoms with Gasteiger partial charge in [0.15, 0.2) is 0 Å². The molecule has 0 aliphatic rings. The van der Waals surface area contributed by atoms with Gasteiger partial charge in [0.2, 0.25) is 0 Å². The molecule has 0 bridgehead atoms. The van der Waals surface area contributed by atoms with Crippen LogP contribution in [0.3, 0.4) is 0 Å². The molecule has 0 aromatic rings. The highest BCUT2D eigenvalue weighted by Crippen LogP contribution is 2.47. The molecule has 0 fully saturated rings. The minimum absolute atomic E-state index is 1.47. The van der Waals surface area contributed by atoms with Crippen LogP contribution in [0.1, 0.15) is 0 Å². The summed E-state index contributed by atoms with van der Waals surface area (Å²) >= 11 is 0. The van der Waals surface area contributed by atoms with Gasteiger partial charge >= 0.3 is 36.6 Å². The molecule has 0 spiro atoms. The van der Waals surface area contributed by atoms with E-state index < -0.39 is 36.6 Å². The lowest BCUT2D eigenvalue weighted by molar-refractivity contribution is -0.538. The molecule has 4 nitrogen and oxygen atoms in total. The first-order chi connectivity index (χ1) is 8.86. The molecule has 1 N–H and O–H groups in total. The number of rotatable bonds is 6. The monoisotopic (exact) mass is 346 g/mol. The Labute approximate surface area is 106 Å². The van der Waals surface area contributed by atoms with E-state index in [9.17, 15) is 53.1 Å². The molecule has 0 aromatic carbocycles. The molecule has 0 atom stereocenters. The van der Waals surface area contributed by atoms with Crippen LogP contribution >= 0.6 is 0 Å². The van der Waals surface area contributed by atoms with E-state index >= 15 is 0 Å². The normalized spacial score (nSPS) is 15.2. The predicted octanol–water partition coefficient (Wildman–Crippen LogP) is 3.04. The lowest BCUT2D eigenvalue weighted by Crippen LogP contribution is -2.57. The second-order valence-corrected chi connectivity index (χ2v) is 3.08.